The Balaban J connectivity index is 1.40. The summed E-state index contributed by atoms with van der Waals surface area (Å²) in [4.78, 5) is 40.6. The number of hydrogen-bond donors (Lipinski definition) is 4. The fourth-order valence-corrected chi connectivity index (χ4v) is 7.10. The predicted molar refractivity (Wildman–Crippen MR) is 186 cm³/mol. The third-order valence-corrected chi connectivity index (χ3v) is 10.2. The largest absolute Gasteiger partial charge is 0.453 e. The number of carbonyl (C=O) groups is 2. The summed E-state index contributed by atoms with van der Waals surface area (Å²) in [5, 5.41) is 18.5. The van der Waals surface area contributed by atoms with Gasteiger partial charge in [-0.2, -0.15) is 0 Å². The number of aliphatic hydroxyl groups is 1. The second-order valence-electron chi connectivity index (χ2n) is 12.7. The minimum atomic E-state index is -0.951. The van der Waals surface area contributed by atoms with E-state index in [2.05, 4.69) is 25.6 Å². The summed E-state index contributed by atoms with van der Waals surface area (Å²) >= 11 is 7.96. The maximum absolute atomic E-state index is 14.9. The van der Waals surface area contributed by atoms with Crippen molar-refractivity contribution in [3.05, 3.63) is 80.6 Å². The van der Waals surface area contributed by atoms with Crippen LogP contribution in [0.2, 0.25) is 5.02 Å². The van der Waals surface area contributed by atoms with Gasteiger partial charge in [0.05, 0.1) is 34.9 Å². The standard InChI is InChI=1S/C35H44ClFN6O4S/c1-6-24(37)15-22(27-17-38-31(40-27)28-8-7-13-43(28)34(45)30(19(2)3)42-35(46)47-5)14-20(4)25-16-23(36)11-12-26(25)41-32(44)29-18-39-33(48-29)21-9-10-21/h11-12,14-21,28,30,32,41,44H,6-10,13H2,1-5H3,(H,38,40)(H,42,46)/b22-14+,24-15+/t20?,28-,30-,32?/m0/s1. The van der Waals surface area contributed by atoms with Crippen LogP contribution < -0.4 is 10.6 Å². The zero-order valence-corrected chi connectivity index (χ0v) is 29.5. The lowest BCUT2D eigenvalue weighted by Crippen LogP contribution is -2.51. The van der Waals surface area contributed by atoms with E-state index in [1.807, 2.05) is 39.0 Å². The van der Waals surface area contributed by atoms with Crippen molar-refractivity contribution < 1.29 is 23.8 Å². The van der Waals surface area contributed by atoms with Crippen LogP contribution in [0.4, 0.5) is 14.9 Å². The molecule has 0 radical (unpaired) electrons. The number of alkyl carbamates (subject to hydrolysis) is 1. The highest BCUT2D eigenvalue weighted by Crippen LogP contribution is 2.43. The van der Waals surface area contributed by atoms with Crippen molar-refractivity contribution in [1.82, 2.24) is 25.2 Å². The van der Waals surface area contributed by atoms with E-state index in [1.165, 1.54) is 24.5 Å². The second-order valence-corrected chi connectivity index (χ2v) is 14.3. The molecule has 4 N–H and O–H groups in total. The molecule has 3 aromatic rings. The number of aromatic amines is 1. The first-order valence-electron chi connectivity index (χ1n) is 16.5. The number of nitrogens with one attached hydrogen (secondary N) is 3. The van der Waals surface area contributed by atoms with E-state index < -0.39 is 18.4 Å². The van der Waals surface area contributed by atoms with Crippen molar-refractivity contribution in [3.63, 3.8) is 0 Å². The molecule has 258 valence electrons. The monoisotopic (exact) mass is 698 g/mol. The SMILES string of the molecule is CC/C(F)=C\C(=C/C(C)c1cc(Cl)ccc1NC(O)c1cnc(C2CC2)s1)c1cnc([C@@H]2CCCN2C(=O)[C@@H](NC(=O)OC)C(C)C)[nH]1. The number of imidazole rings is 1. The molecule has 10 nitrogen and oxygen atoms in total. The Bertz CT molecular complexity index is 1670. The molecule has 1 aliphatic heterocycles. The number of aliphatic hydroxyl groups excluding tert-OH is 1. The van der Waals surface area contributed by atoms with Crippen molar-refractivity contribution in [1.29, 1.82) is 0 Å². The smallest absolute Gasteiger partial charge is 0.407 e. The normalized spacial score (nSPS) is 18.9. The average molecular weight is 699 g/mol. The van der Waals surface area contributed by atoms with E-state index in [0.717, 1.165) is 34.7 Å². The van der Waals surface area contributed by atoms with Crippen molar-refractivity contribution in [2.45, 2.75) is 89.9 Å². The lowest BCUT2D eigenvalue weighted by molar-refractivity contribution is -0.135. The van der Waals surface area contributed by atoms with Crippen LogP contribution in [0.15, 0.2) is 48.6 Å². The van der Waals surface area contributed by atoms with Crippen molar-refractivity contribution in [2.75, 3.05) is 19.0 Å². The number of aromatic nitrogens is 3. The maximum atomic E-state index is 14.9. The van der Waals surface area contributed by atoms with Crippen molar-refractivity contribution in [3.8, 4) is 0 Å². The van der Waals surface area contributed by atoms with Crippen LogP contribution in [-0.4, -0.2) is 56.7 Å². The first kappa shape index (κ1) is 35.6. The first-order chi connectivity index (χ1) is 23.0. The summed E-state index contributed by atoms with van der Waals surface area (Å²) in [5.41, 5.74) is 2.71. The quantitative estimate of drug-likeness (QED) is 0.105. The molecule has 13 heteroatoms. The Morgan fingerprint density at radius 2 is 2.00 bits per heavy atom. The summed E-state index contributed by atoms with van der Waals surface area (Å²) in [5.74, 6) is 0.170. The molecule has 1 saturated carbocycles. The molecule has 2 aliphatic rings. The van der Waals surface area contributed by atoms with Gasteiger partial charge in [-0.05, 0) is 73.4 Å². The van der Waals surface area contributed by atoms with Gasteiger partial charge in [0.15, 0.2) is 6.23 Å². The first-order valence-corrected chi connectivity index (χ1v) is 17.7. The Hall–Kier alpha value is -3.74. The molecule has 0 bridgehead atoms. The molecule has 2 fully saturated rings. The summed E-state index contributed by atoms with van der Waals surface area (Å²) in [7, 11) is 1.27. The van der Waals surface area contributed by atoms with Crippen LogP contribution in [0.1, 0.15) is 111 Å². The fraction of sp³-hybridized carbons (Fsp3) is 0.486. The van der Waals surface area contributed by atoms with Crippen LogP contribution in [0, 0.1) is 5.92 Å². The number of halogens is 2. The topological polar surface area (TPSA) is 132 Å². The summed E-state index contributed by atoms with van der Waals surface area (Å²) in [6.45, 7) is 7.99. The molecule has 1 saturated heterocycles. The van der Waals surface area contributed by atoms with Gasteiger partial charge in [-0.25, -0.2) is 19.2 Å². The predicted octanol–water partition coefficient (Wildman–Crippen LogP) is 7.99. The van der Waals surface area contributed by atoms with E-state index in [1.54, 1.807) is 30.3 Å². The molecule has 3 heterocycles. The van der Waals surface area contributed by atoms with Crippen LogP contribution in [0.5, 0.6) is 0 Å². The number of allylic oxidation sites excluding steroid dienone is 4. The number of likely N-dealkylation sites (tertiary alicyclic amines) is 1. The summed E-state index contributed by atoms with van der Waals surface area (Å²) < 4.78 is 19.6. The Morgan fingerprint density at radius 1 is 1.23 bits per heavy atom. The van der Waals surface area contributed by atoms with Crippen molar-refractivity contribution in [2.24, 2.45) is 5.92 Å². The Kier molecular flexibility index (Phi) is 11.6. The molecule has 1 aliphatic carbocycles. The zero-order chi connectivity index (χ0) is 34.5. The van der Waals surface area contributed by atoms with Gasteiger partial charge < -0.3 is 30.4 Å². The number of nitrogens with zero attached hydrogens (tertiary/aromatic N) is 3. The Morgan fingerprint density at radius 3 is 2.69 bits per heavy atom. The second kappa shape index (κ2) is 15.7. The van der Waals surface area contributed by atoms with Gasteiger partial charge >= 0.3 is 6.09 Å². The number of anilines is 1. The van der Waals surface area contributed by atoms with Crippen LogP contribution in [-0.2, 0) is 9.53 Å². The molecule has 5 rings (SSSR count). The highest BCUT2D eigenvalue weighted by Gasteiger charge is 2.37. The van der Waals surface area contributed by atoms with Crippen LogP contribution in [0.25, 0.3) is 5.57 Å². The zero-order valence-electron chi connectivity index (χ0n) is 27.9. The van der Waals surface area contributed by atoms with Gasteiger partial charge in [-0.3, -0.25) is 4.79 Å². The summed E-state index contributed by atoms with van der Waals surface area (Å²) in [6.07, 6.45) is 9.15. The van der Waals surface area contributed by atoms with E-state index >= 15 is 0 Å². The number of benzene rings is 1. The van der Waals surface area contributed by atoms with Gasteiger partial charge in [-0.15, -0.1) is 11.3 Å². The number of methoxy groups -OCH3 is 1. The molecule has 1 aromatic carbocycles. The van der Waals surface area contributed by atoms with E-state index in [-0.39, 0.29) is 36.0 Å². The van der Waals surface area contributed by atoms with E-state index in [9.17, 15) is 19.1 Å². The third kappa shape index (κ3) is 8.45. The molecule has 2 amide bonds. The molecule has 2 unspecified atom stereocenters. The average Bonchev–Trinajstić information content (AvgIpc) is 3.43. The molecular weight excluding hydrogens is 655 g/mol. The molecular formula is C35H44ClFN6O4S. The van der Waals surface area contributed by atoms with Crippen molar-refractivity contribution >= 4 is 46.2 Å². The number of carbonyl (C=O) groups excluding carboxylic acids is 2. The molecule has 48 heavy (non-hydrogen) atoms. The number of H-pyrrole nitrogens is 1. The number of ether oxygens (including phenoxy) is 1. The maximum Gasteiger partial charge on any atom is 0.407 e. The Labute approximate surface area is 289 Å². The number of amides is 2. The number of rotatable bonds is 13. The molecule has 0 spiro atoms. The van der Waals surface area contributed by atoms with E-state index in [0.29, 0.717) is 46.7 Å². The van der Waals surface area contributed by atoms with Gasteiger partial charge in [-0.1, -0.05) is 45.4 Å². The van der Waals surface area contributed by atoms with Gasteiger partial charge in [0.1, 0.15) is 17.7 Å². The number of thiazole rings is 1. The molecule has 2 aromatic heterocycles. The van der Waals surface area contributed by atoms with E-state index in [4.69, 9.17) is 16.3 Å². The third-order valence-electron chi connectivity index (χ3n) is 8.76. The minimum absolute atomic E-state index is 0.155. The fourth-order valence-electron chi connectivity index (χ4n) is 5.90. The lowest BCUT2D eigenvalue weighted by atomic mass is 9.95. The molecule has 4 atom stereocenters. The van der Waals surface area contributed by atoms with Crippen LogP contribution in [0.3, 0.4) is 0 Å². The van der Waals surface area contributed by atoms with Gasteiger partial charge in [0.25, 0.3) is 0 Å². The highest BCUT2D eigenvalue weighted by atomic mass is 35.5. The lowest BCUT2D eigenvalue weighted by Gasteiger charge is -2.30. The highest BCUT2D eigenvalue weighted by molar-refractivity contribution is 7.11. The summed E-state index contributed by atoms with van der Waals surface area (Å²) in [6, 6.07) is 4.35. The van der Waals surface area contributed by atoms with Gasteiger partial charge in [0, 0.05) is 35.3 Å². The number of hydrogen-bond acceptors (Lipinski definition) is 8. The van der Waals surface area contributed by atoms with Gasteiger partial charge in [0.2, 0.25) is 5.91 Å². The minimum Gasteiger partial charge on any atom is -0.453 e. The van der Waals surface area contributed by atoms with Crippen LogP contribution >= 0.6 is 22.9 Å².